The molecule has 0 radical (unpaired) electrons. The van der Waals surface area contributed by atoms with Gasteiger partial charge in [-0.1, -0.05) is 12.1 Å². The number of hydrogen-bond donors (Lipinski definition) is 1. The number of aliphatic hydroxyl groups excluding tert-OH is 1. The molecule has 1 saturated heterocycles. The van der Waals surface area contributed by atoms with Crippen LogP contribution in [0.3, 0.4) is 0 Å². The summed E-state index contributed by atoms with van der Waals surface area (Å²) in [6.45, 7) is 3.45. The summed E-state index contributed by atoms with van der Waals surface area (Å²) in [5, 5.41) is 13.1. The number of halogens is 3. The number of hydrogen-bond acceptors (Lipinski definition) is 5. The first-order valence-corrected chi connectivity index (χ1v) is 7.18. The lowest BCUT2D eigenvalue weighted by atomic mass is 9.91. The molecule has 1 atom stereocenters. The molecule has 1 aromatic heterocycles. The van der Waals surface area contributed by atoms with Crippen molar-refractivity contribution in [2.45, 2.75) is 51.4 Å². The maximum absolute atomic E-state index is 12.5. The number of aryl methyl sites for hydroxylation is 1. The second-order valence-corrected chi connectivity index (χ2v) is 5.45. The fourth-order valence-corrected chi connectivity index (χ4v) is 2.56. The van der Waals surface area contributed by atoms with E-state index in [1.54, 1.807) is 0 Å². The normalized spacial score (nSPS) is 19.9. The number of nitrogens with zero attached hydrogens (tertiary/aromatic N) is 3. The Balaban J connectivity index is 1.81. The molecule has 1 aliphatic rings. The van der Waals surface area contributed by atoms with E-state index in [4.69, 9.17) is 4.52 Å². The van der Waals surface area contributed by atoms with Crippen LogP contribution in [0.15, 0.2) is 4.52 Å². The van der Waals surface area contributed by atoms with Crippen LogP contribution in [-0.4, -0.2) is 45.5 Å². The Morgan fingerprint density at radius 2 is 2.05 bits per heavy atom. The number of aliphatic hydroxyl groups is 1. The Hall–Kier alpha value is -1.15. The maximum Gasteiger partial charge on any atom is 0.414 e. The predicted octanol–water partition coefficient (Wildman–Crippen LogP) is 2.16. The van der Waals surface area contributed by atoms with Crippen LogP contribution in [-0.2, 0) is 13.0 Å². The minimum Gasteiger partial charge on any atom is -0.383 e. The van der Waals surface area contributed by atoms with Gasteiger partial charge in [-0.15, -0.1) is 0 Å². The summed E-state index contributed by atoms with van der Waals surface area (Å²) < 4.78 is 42.5. The monoisotopic (exact) mass is 307 g/mol. The first kappa shape index (κ1) is 16.2. The third kappa shape index (κ3) is 4.41. The lowest BCUT2D eigenvalue weighted by Crippen LogP contribution is -2.43. The van der Waals surface area contributed by atoms with Gasteiger partial charge in [0.2, 0.25) is 5.89 Å². The topological polar surface area (TPSA) is 62.4 Å². The minimum atomic E-state index is -4.53. The largest absolute Gasteiger partial charge is 0.414 e. The lowest BCUT2D eigenvalue weighted by molar-refractivity contribution is -0.223. The van der Waals surface area contributed by atoms with Gasteiger partial charge in [0, 0.05) is 6.42 Å². The molecule has 0 bridgehead atoms. The average Bonchev–Trinajstić information content (AvgIpc) is 2.86. The van der Waals surface area contributed by atoms with Crippen molar-refractivity contribution < 1.29 is 22.8 Å². The summed E-state index contributed by atoms with van der Waals surface area (Å²) in [4.78, 5) is 6.21. The van der Waals surface area contributed by atoms with Crippen LogP contribution in [0.2, 0.25) is 0 Å². The summed E-state index contributed by atoms with van der Waals surface area (Å²) in [6.07, 6.45) is -4.44. The molecular weight excluding hydrogens is 287 g/mol. The molecule has 2 heterocycles. The van der Waals surface area contributed by atoms with Crippen LogP contribution < -0.4 is 0 Å². The Kier molecular flexibility index (Phi) is 5.21. The molecule has 0 spiro atoms. The van der Waals surface area contributed by atoms with Crippen molar-refractivity contribution in [3.63, 3.8) is 0 Å². The summed E-state index contributed by atoms with van der Waals surface area (Å²) in [5.74, 6) is 0.433. The second kappa shape index (κ2) is 6.74. The quantitative estimate of drug-likeness (QED) is 0.903. The Labute approximate surface area is 121 Å². The molecule has 120 valence electrons. The first-order chi connectivity index (χ1) is 9.90. The van der Waals surface area contributed by atoms with E-state index in [0.717, 1.165) is 12.8 Å². The van der Waals surface area contributed by atoms with Gasteiger partial charge in [-0.2, -0.15) is 18.2 Å². The van der Waals surface area contributed by atoms with Gasteiger partial charge in [-0.3, -0.25) is 4.90 Å². The van der Waals surface area contributed by atoms with Crippen LogP contribution in [0.25, 0.3) is 0 Å². The molecule has 2 rings (SSSR count). The minimum absolute atomic E-state index is 0.316. The van der Waals surface area contributed by atoms with Gasteiger partial charge in [-0.05, 0) is 38.3 Å². The van der Waals surface area contributed by atoms with E-state index in [0.29, 0.717) is 44.2 Å². The Morgan fingerprint density at radius 3 is 2.62 bits per heavy atom. The molecule has 1 aliphatic heterocycles. The number of aromatic nitrogens is 2. The maximum atomic E-state index is 12.5. The molecular formula is C13H20F3N3O2. The zero-order valence-electron chi connectivity index (χ0n) is 11.9. The number of piperidine rings is 1. The van der Waals surface area contributed by atoms with E-state index in [1.165, 1.54) is 0 Å². The molecule has 0 amide bonds. The molecule has 0 aromatic carbocycles. The Morgan fingerprint density at radius 1 is 1.38 bits per heavy atom. The molecule has 21 heavy (non-hydrogen) atoms. The molecule has 1 unspecified atom stereocenters. The van der Waals surface area contributed by atoms with Crippen molar-refractivity contribution in [1.29, 1.82) is 0 Å². The van der Waals surface area contributed by atoms with Crippen molar-refractivity contribution in [3.8, 4) is 0 Å². The van der Waals surface area contributed by atoms with E-state index < -0.39 is 18.2 Å². The zero-order valence-corrected chi connectivity index (χ0v) is 11.9. The fraction of sp³-hybridized carbons (Fsp3) is 0.846. The van der Waals surface area contributed by atoms with E-state index in [2.05, 4.69) is 10.1 Å². The zero-order chi connectivity index (χ0) is 15.5. The number of alkyl halides is 3. The van der Waals surface area contributed by atoms with Crippen LogP contribution in [0.1, 0.15) is 37.9 Å². The molecule has 1 N–H and O–H groups in total. The number of rotatable bonds is 5. The molecule has 8 heteroatoms. The summed E-state index contributed by atoms with van der Waals surface area (Å²) in [6, 6.07) is 0. The van der Waals surface area contributed by atoms with Crippen LogP contribution in [0, 0.1) is 5.92 Å². The van der Waals surface area contributed by atoms with Crippen LogP contribution >= 0.6 is 0 Å². The highest BCUT2D eigenvalue weighted by Crippen LogP contribution is 2.31. The summed E-state index contributed by atoms with van der Waals surface area (Å²) in [7, 11) is 0. The van der Waals surface area contributed by atoms with Gasteiger partial charge >= 0.3 is 6.18 Å². The smallest absolute Gasteiger partial charge is 0.383 e. The van der Waals surface area contributed by atoms with E-state index in [1.807, 2.05) is 11.8 Å². The SMILES string of the molecule is CCCc1noc(CN2CCC(C(O)C(F)(F)F)CC2)n1. The van der Waals surface area contributed by atoms with Crippen molar-refractivity contribution in [1.82, 2.24) is 15.0 Å². The van der Waals surface area contributed by atoms with Gasteiger partial charge in [0.05, 0.1) is 6.54 Å². The van der Waals surface area contributed by atoms with E-state index in [-0.39, 0.29) is 0 Å². The highest BCUT2D eigenvalue weighted by Gasteiger charge is 2.44. The predicted molar refractivity (Wildman–Crippen MR) is 68.4 cm³/mol. The van der Waals surface area contributed by atoms with E-state index in [9.17, 15) is 18.3 Å². The standard InChI is InChI=1S/C13H20F3N3O2/c1-2-3-10-17-11(21-18-10)8-19-6-4-9(5-7-19)12(20)13(14,15)16/h9,12,20H,2-8H2,1H3. The van der Waals surface area contributed by atoms with Crippen molar-refractivity contribution in [2.75, 3.05) is 13.1 Å². The van der Waals surface area contributed by atoms with E-state index >= 15 is 0 Å². The van der Waals surface area contributed by atoms with Crippen LogP contribution in [0.4, 0.5) is 13.2 Å². The van der Waals surface area contributed by atoms with Crippen molar-refractivity contribution in [3.05, 3.63) is 11.7 Å². The van der Waals surface area contributed by atoms with Gasteiger partial charge in [-0.25, -0.2) is 0 Å². The fourth-order valence-electron chi connectivity index (χ4n) is 2.56. The van der Waals surface area contributed by atoms with Gasteiger partial charge in [0.1, 0.15) is 0 Å². The highest BCUT2D eigenvalue weighted by molar-refractivity contribution is 4.88. The summed E-state index contributed by atoms with van der Waals surface area (Å²) >= 11 is 0. The lowest BCUT2D eigenvalue weighted by Gasteiger charge is -2.33. The third-order valence-electron chi connectivity index (χ3n) is 3.76. The molecule has 5 nitrogen and oxygen atoms in total. The van der Waals surface area contributed by atoms with Crippen molar-refractivity contribution >= 4 is 0 Å². The molecule has 1 fully saturated rings. The molecule has 1 aromatic rings. The third-order valence-corrected chi connectivity index (χ3v) is 3.76. The van der Waals surface area contributed by atoms with Gasteiger partial charge in [0.15, 0.2) is 11.9 Å². The summed E-state index contributed by atoms with van der Waals surface area (Å²) in [5.41, 5.74) is 0. The average molecular weight is 307 g/mol. The molecule has 0 aliphatic carbocycles. The highest BCUT2D eigenvalue weighted by atomic mass is 19.4. The first-order valence-electron chi connectivity index (χ1n) is 7.18. The van der Waals surface area contributed by atoms with Gasteiger partial charge < -0.3 is 9.63 Å². The molecule has 0 saturated carbocycles. The number of likely N-dealkylation sites (tertiary alicyclic amines) is 1. The Bertz CT molecular complexity index is 442. The second-order valence-electron chi connectivity index (χ2n) is 5.45. The van der Waals surface area contributed by atoms with Gasteiger partial charge in [0.25, 0.3) is 0 Å². The van der Waals surface area contributed by atoms with Crippen LogP contribution in [0.5, 0.6) is 0 Å². The van der Waals surface area contributed by atoms with Crippen molar-refractivity contribution in [2.24, 2.45) is 5.92 Å².